The molecule has 1 atom stereocenters. The van der Waals surface area contributed by atoms with Gasteiger partial charge < -0.3 is 11.1 Å². The van der Waals surface area contributed by atoms with Crippen molar-refractivity contribution in [1.82, 2.24) is 9.36 Å². The molecule has 4 nitrogen and oxygen atoms in total. The van der Waals surface area contributed by atoms with E-state index in [4.69, 9.17) is 5.73 Å². The molecule has 0 amide bonds. The molecule has 0 spiro atoms. The lowest BCUT2D eigenvalue weighted by molar-refractivity contribution is 0.320. The van der Waals surface area contributed by atoms with E-state index in [-0.39, 0.29) is 5.41 Å². The van der Waals surface area contributed by atoms with Crippen LogP contribution in [0.25, 0.3) is 0 Å². The predicted octanol–water partition coefficient (Wildman–Crippen LogP) is 3.16. The van der Waals surface area contributed by atoms with Crippen molar-refractivity contribution in [2.75, 3.05) is 11.9 Å². The molecule has 1 aliphatic rings. The highest BCUT2D eigenvalue weighted by Gasteiger charge is 2.25. The molecule has 1 unspecified atom stereocenters. The zero-order chi connectivity index (χ0) is 13.9. The van der Waals surface area contributed by atoms with Gasteiger partial charge in [0.1, 0.15) is 5.82 Å². The fraction of sp³-hybridized carbons (Fsp3) is 0.857. The summed E-state index contributed by atoms with van der Waals surface area (Å²) in [5, 5.41) is 4.43. The average Bonchev–Trinajstić information content (AvgIpc) is 2.85. The number of nitrogens with two attached hydrogens (primary N) is 1. The second kappa shape index (κ2) is 6.18. The molecule has 1 saturated carbocycles. The van der Waals surface area contributed by atoms with Crippen molar-refractivity contribution in [1.29, 1.82) is 0 Å². The minimum atomic E-state index is 0.0134. The molecule has 0 aliphatic heterocycles. The molecular weight excluding hydrogens is 256 g/mol. The zero-order valence-electron chi connectivity index (χ0n) is 12.3. The molecule has 2 rings (SSSR count). The third-order valence-corrected chi connectivity index (χ3v) is 4.52. The van der Waals surface area contributed by atoms with Crippen LogP contribution in [0, 0.1) is 5.92 Å². The van der Waals surface area contributed by atoms with E-state index in [1.54, 1.807) is 0 Å². The number of hydrogen-bond acceptors (Lipinski definition) is 5. The fourth-order valence-corrected chi connectivity index (χ4v) is 3.47. The van der Waals surface area contributed by atoms with Crippen molar-refractivity contribution in [3.8, 4) is 0 Å². The number of nitrogens with one attached hydrogen (secondary N) is 1. The number of aromatic nitrogens is 2. The van der Waals surface area contributed by atoms with Gasteiger partial charge in [0.2, 0.25) is 5.13 Å². The summed E-state index contributed by atoms with van der Waals surface area (Å²) in [6.07, 6.45) is 6.64. The first-order valence-corrected chi connectivity index (χ1v) is 8.09. The monoisotopic (exact) mass is 282 g/mol. The Morgan fingerprint density at radius 1 is 1.32 bits per heavy atom. The zero-order valence-corrected chi connectivity index (χ0v) is 13.1. The van der Waals surface area contributed by atoms with Crippen LogP contribution in [0.2, 0.25) is 0 Å². The molecule has 1 aromatic rings. The van der Waals surface area contributed by atoms with Crippen LogP contribution in [-0.2, 0) is 5.41 Å². The maximum atomic E-state index is 5.94. The van der Waals surface area contributed by atoms with Crippen LogP contribution in [0.4, 0.5) is 5.13 Å². The lowest BCUT2D eigenvalue weighted by Gasteiger charge is -2.29. The highest BCUT2D eigenvalue weighted by molar-refractivity contribution is 7.09. The smallest absolute Gasteiger partial charge is 0.202 e. The Morgan fingerprint density at radius 2 is 2.00 bits per heavy atom. The summed E-state index contributed by atoms with van der Waals surface area (Å²) in [5.74, 6) is 1.61. The summed E-state index contributed by atoms with van der Waals surface area (Å²) in [4.78, 5) is 4.60. The predicted molar refractivity (Wildman–Crippen MR) is 81.6 cm³/mol. The van der Waals surface area contributed by atoms with Gasteiger partial charge in [-0.1, -0.05) is 40.0 Å². The van der Waals surface area contributed by atoms with Gasteiger partial charge in [0, 0.05) is 29.5 Å². The van der Waals surface area contributed by atoms with Crippen LogP contribution in [0.15, 0.2) is 0 Å². The molecule has 0 bridgehead atoms. The van der Waals surface area contributed by atoms with Gasteiger partial charge >= 0.3 is 0 Å². The lowest BCUT2D eigenvalue weighted by Crippen LogP contribution is -2.37. The van der Waals surface area contributed by atoms with Crippen molar-refractivity contribution >= 4 is 16.7 Å². The van der Waals surface area contributed by atoms with Gasteiger partial charge in [-0.15, -0.1) is 0 Å². The van der Waals surface area contributed by atoms with Gasteiger partial charge in [0.15, 0.2) is 0 Å². The summed E-state index contributed by atoms with van der Waals surface area (Å²) in [5.41, 5.74) is 5.95. The normalized spacial score (nSPS) is 19.4. The van der Waals surface area contributed by atoms with E-state index >= 15 is 0 Å². The van der Waals surface area contributed by atoms with Crippen molar-refractivity contribution in [2.45, 2.75) is 64.3 Å². The molecule has 1 heterocycles. The number of rotatable bonds is 4. The molecule has 0 saturated heterocycles. The van der Waals surface area contributed by atoms with Gasteiger partial charge in [-0.3, -0.25) is 0 Å². The van der Waals surface area contributed by atoms with Crippen LogP contribution < -0.4 is 11.1 Å². The van der Waals surface area contributed by atoms with Crippen LogP contribution >= 0.6 is 11.5 Å². The molecule has 1 fully saturated rings. The van der Waals surface area contributed by atoms with Crippen molar-refractivity contribution in [3.63, 3.8) is 0 Å². The van der Waals surface area contributed by atoms with Crippen LogP contribution in [0.3, 0.4) is 0 Å². The minimum Gasteiger partial charge on any atom is -0.356 e. The summed E-state index contributed by atoms with van der Waals surface area (Å²) >= 11 is 1.46. The van der Waals surface area contributed by atoms with Gasteiger partial charge in [-0.05, 0) is 18.8 Å². The summed E-state index contributed by atoms with van der Waals surface area (Å²) < 4.78 is 4.45. The number of nitrogens with zero attached hydrogens (tertiary/aromatic N) is 2. The first-order chi connectivity index (χ1) is 9.00. The first kappa shape index (κ1) is 14.7. The van der Waals surface area contributed by atoms with Gasteiger partial charge in [-0.2, -0.15) is 4.37 Å². The standard InChI is InChI=1S/C14H26N4S/c1-14(2,3)12-17-13(19-18-12)16-11(9-15)10-7-5-4-6-8-10/h10-11H,4-9,15H2,1-3H3,(H,16,17,18). The molecule has 1 aliphatic carbocycles. The Balaban J connectivity index is 1.99. The second-order valence-electron chi connectivity index (χ2n) is 6.56. The Kier molecular flexibility index (Phi) is 4.79. The van der Waals surface area contributed by atoms with E-state index < -0.39 is 0 Å². The van der Waals surface area contributed by atoms with Crippen LogP contribution in [-0.4, -0.2) is 21.9 Å². The first-order valence-electron chi connectivity index (χ1n) is 7.31. The minimum absolute atomic E-state index is 0.0134. The third kappa shape index (κ3) is 3.89. The van der Waals surface area contributed by atoms with Crippen LogP contribution in [0.1, 0.15) is 58.7 Å². The molecule has 1 aromatic heterocycles. The number of anilines is 1. The fourth-order valence-electron chi connectivity index (χ4n) is 2.65. The maximum absolute atomic E-state index is 5.94. The van der Waals surface area contributed by atoms with E-state index in [0.29, 0.717) is 18.5 Å². The molecule has 3 N–H and O–H groups in total. The third-order valence-electron chi connectivity index (χ3n) is 3.88. The molecular formula is C14H26N4S. The Labute approximate surface area is 120 Å². The SMILES string of the molecule is CC(C)(C)c1nsc(NC(CN)C2CCCCC2)n1. The summed E-state index contributed by atoms with van der Waals surface area (Å²) in [6.45, 7) is 7.09. The molecule has 5 heteroatoms. The largest absolute Gasteiger partial charge is 0.356 e. The topological polar surface area (TPSA) is 63.8 Å². The van der Waals surface area contributed by atoms with E-state index in [0.717, 1.165) is 11.0 Å². The van der Waals surface area contributed by atoms with E-state index in [2.05, 4.69) is 35.4 Å². The lowest BCUT2D eigenvalue weighted by atomic mass is 9.84. The summed E-state index contributed by atoms with van der Waals surface area (Å²) in [6, 6.07) is 0.348. The highest BCUT2D eigenvalue weighted by atomic mass is 32.1. The van der Waals surface area contributed by atoms with Crippen molar-refractivity contribution < 1.29 is 0 Å². The van der Waals surface area contributed by atoms with E-state index in [1.165, 1.54) is 43.6 Å². The number of hydrogen-bond donors (Lipinski definition) is 2. The molecule has 0 radical (unpaired) electrons. The quantitative estimate of drug-likeness (QED) is 0.890. The molecule has 108 valence electrons. The van der Waals surface area contributed by atoms with Gasteiger partial charge in [-0.25, -0.2) is 4.98 Å². The molecule has 19 heavy (non-hydrogen) atoms. The summed E-state index contributed by atoms with van der Waals surface area (Å²) in [7, 11) is 0. The highest BCUT2D eigenvalue weighted by Crippen LogP contribution is 2.29. The average molecular weight is 282 g/mol. The van der Waals surface area contributed by atoms with E-state index in [9.17, 15) is 0 Å². The van der Waals surface area contributed by atoms with Gasteiger partial charge in [0.05, 0.1) is 0 Å². The molecule has 0 aromatic carbocycles. The van der Waals surface area contributed by atoms with Crippen molar-refractivity contribution in [3.05, 3.63) is 5.82 Å². The second-order valence-corrected chi connectivity index (χ2v) is 7.31. The van der Waals surface area contributed by atoms with Crippen molar-refractivity contribution in [2.24, 2.45) is 11.7 Å². The van der Waals surface area contributed by atoms with E-state index in [1.807, 2.05) is 0 Å². The Morgan fingerprint density at radius 3 is 2.53 bits per heavy atom. The maximum Gasteiger partial charge on any atom is 0.202 e. The Hall–Kier alpha value is -0.680. The Bertz CT molecular complexity index is 390. The van der Waals surface area contributed by atoms with Gasteiger partial charge in [0.25, 0.3) is 0 Å². The van der Waals surface area contributed by atoms with Crippen LogP contribution in [0.5, 0.6) is 0 Å².